The molecule has 1 aliphatic heterocycles. The highest BCUT2D eigenvalue weighted by molar-refractivity contribution is 7.92. The van der Waals surface area contributed by atoms with E-state index in [-0.39, 0.29) is 21.0 Å². The smallest absolute Gasteiger partial charge is 0.262 e. The molecule has 1 aliphatic rings. The van der Waals surface area contributed by atoms with Crippen LogP contribution >= 0.6 is 23.2 Å². The summed E-state index contributed by atoms with van der Waals surface area (Å²) >= 11 is 11.7. The lowest BCUT2D eigenvalue weighted by molar-refractivity contribution is 0.0940. The second-order valence-corrected chi connectivity index (χ2v) is 7.85. The number of ether oxygens (including phenoxy) is 1. The molecule has 0 amide bonds. The number of rotatable bonds is 5. The van der Waals surface area contributed by atoms with E-state index in [9.17, 15) is 8.42 Å². The summed E-state index contributed by atoms with van der Waals surface area (Å²) in [6.45, 7) is 1.37. The molecule has 9 heteroatoms. The molecule has 1 atom stereocenters. The first-order valence-corrected chi connectivity index (χ1v) is 9.29. The summed E-state index contributed by atoms with van der Waals surface area (Å²) in [6, 6.07) is 4.15. The van der Waals surface area contributed by atoms with Crippen molar-refractivity contribution in [1.29, 1.82) is 0 Å². The molecule has 0 radical (unpaired) electrons. The highest BCUT2D eigenvalue weighted by Crippen LogP contribution is 2.24. The van der Waals surface area contributed by atoms with Crippen molar-refractivity contribution in [2.45, 2.75) is 30.4 Å². The molecule has 0 aliphatic carbocycles. The third kappa shape index (κ3) is 4.17. The van der Waals surface area contributed by atoms with Gasteiger partial charge in [0.05, 0.1) is 29.4 Å². The van der Waals surface area contributed by atoms with Crippen LogP contribution in [0.15, 0.2) is 35.5 Å². The average molecular weight is 376 g/mol. The lowest BCUT2D eigenvalue weighted by Gasteiger charge is -2.09. The molecular formula is C14H15Cl2N3O3S. The molecule has 2 heterocycles. The fourth-order valence-corrected chi connectivity index (χ4v) is 4.16. The predicted molar refractivity (Wildman–Crippen MR) is 88.5 cm³/mol. The SMILES string of the molecule is O=S(=O)(Nc1cnn(CC2CCCO2)c1)c1cc(Cl)cc(Cl)c1. The van der Waals surface area contributed by atoms with Crippen LogP contribution in [-0.2, 0) is 21.3 Å². The molecule has 0 bridgehead atoms. The summed E-state index contributed by atoms with van der Waals surface area (Å²) in [7, 11) is -3.78. The van der Waals surface area contributed by atoms with Gasteiger partial charge in [0.2, 0.25) is 0 Å². The van der Waals surface area contributed by atoms with Crippen molar-refractivity contribution in [3.8, 4) is 0 Å². The van der Waals surface area contributed by atoms with Gasteiger partial charge in [-0.3, -0.25) is 9.40 Å². The van der Waals surface area contributed by atoms with E-state index >= 15 is 0 Å². The number of sulfonamides is 1. The van der Waals surface area contributed by atoms with E-state index in [0.29, 0.717) is 12.2 Å². The number of hydrogen-bond donors (Lipinski definition) is 1. The Kier molecular flexibility index (Phi) is 4.82. The summed E-state index contributed by atoms with van der Waals surface area (Å²) in [6.07, 6.45) is 5.25. The van der Waals surface area contributed by atoms with Crippen molar-refractivity contribution in [2.75, 3.05) is 11.3 Å². The number of hydrogen-bond acceptors (Lipinski definition) is 4. The molecule has 124 valence electrons. The van der Waals surface area contributed by atoms with E-state index in [1.165, 1.54) is 24.4 Å². The number of nitrogens with zero attached hydrogens (tertiary/aromatic N) is 2. The zero-order valence-electron chi connectivity index (χ0n) is 12.1. The number of benzene rings is 1. The third-order valence-corrected chi connectivity index (χ3v) is 5.24. The van der Waals surface area contributed by atoms with Crippen LogP contribution in [0.4, 0.5) is 5.69 Å². The maximum absolute atomic E-state index is 12.4. The molecule has 6 nitrogen and oxygen atoms in total. The second-order valence-electron chi connectivity index (χ2n) is 5.30. The number of halogens is 2. The van der Waals surface area contributed by atoms with E-state index in [1.54, 1.807) is 10.9 Å². The number of anilines is 1. The van der Waals surface area contributed by atoms with E-state index in [1.807, 2.05) is 0 Å². The first-order chi connectivity index (χ1) is 10.9. The molecule has 2 aromatic rings. The van der Waals surface area contributed by atoms with Crippen molar-refractivity contribution >= 4 is 38.9 Å². The van der Waals surface area contributed by atoms with Crippen molar-refractivity contribution in [2.24, 2.45) is 0 Å². The molecule has 1 N–H and O–H groups in total. The molecular weight excluding hydrogens is 361 g/mol. The largest absolute Gasteiger partial charge is 0.376 e. The normalized spacial score (nSPS) is 18.3. The Balaban J connectivity index is 1.74. The van der Waals surface area contributed by atoms with Gasteiger partial charge in [-0.25, -0.2) is 8.42 Å². The van der Waals surface area contributed by atoms with Crippen molar-refractivity contribution in [3.05, 3.63) is 40.6 Å². The van der Waals surface area contributed by atoms with Crippen LogP contribution in [0.2, 0.25) is 10.0 Å². The van der Waals surface area contributed by atoms with Crippen molar-refractivity contribution < 1.29 is 13.2 Å². The van der Waals surface area contributed by atoms with Crippen molar-refractivity contribution in [3.63, 3.8) is 0 Å². The van der Waals surface area contributed by atoms with E-state index in [0.717, 1.165) is 19.4 Å². The van der Waals surface area contributed by atoms with Crippen LogP contribution in [0.1, 0.15) is 12.8 Å². The van der Waals surface area contributed by atoms with Gasteiger partial charge in [0.25, 0.3) is 10.0 Å². The number of aromatic nitrogens is 2. The monoisotopic (exact) mass is 375 g/mol. The number of nitrogens with one attached hydrogen (secondary N) is 1. The van der Waals surface area contributed by atoms with Gasteiger partial charge in [-0.1, -0.05) is 23.2 Å². The second kappa shape index (κ2) is 6.68. The predicted octanol–water partition coefficient (Wildman–Crippen LogP) is 3.17. The molecule has 1 aromatic heterocycles. The molecule has 1 fully saturated rings. The average Bonchev–Trinajstić information content (AvgIpc) is 3.10. The standard InChI is InChI=1S/C14H15Cl2N3O3S/c15-10-4-11(16)6-14(5-10)23(20,21)18-12-7-17-19(8-12)9-13-2-1-3-22-13/h4-8,13,18H,1-3,9H2. The maximum Gasteiger partial charge on any atom is 0.262 e. The Hall–Kier alpha value is -1.28. The fourth-order valence-electron chi connectivity index (χ4n) is 2.41. The Labute approximate surface area is 144 Å². The minimum atomic E-state index is -3.78. The molecule has 1 unspecified atom stereocenters. The third-order valence-electron chi connectivity index (χ3n) is 3.45. The van der Waals surface area contributed by atoms with Crippen LogP contribution < -0.4 is 4.72 Å². The zero-order valence-corrected chi connectivity index (χ0v) is 14.4. The van der Waals surface area contributed by atoms with Crippen LogP contribution in [0, 0.1) is 0 Å². The maximum atomic E-state index is 12.4. The van der Waals surface area contributed by atoms with Gasteiger partial charge in [0.15, 0.2) is 0 Å². The first-order valence-electron chi connectivity index (χ1n) is 7.05. The minimum absolute atomic E-state index is 0.00174. The zero-order chi connectivity index (χ0) is 16.4. The van der Waals surface area contributed by atoms with Crippen LogP contribution in [0.25, 0.3) is 0 Å². The lowest BCUT2D eigenvalue weighted by atomic mass is 10.2. The molecule has 1 aromatic carbocycles. The summed E-state index contributed by atoms with van der Waals surface area (Å²) in [5.74, 6) is 0. The van der Waals surface area contributed by atoms with Gasteiger partial charge < -0.3 is 4.74 Å². The Morgan fingerprint density at radius 3 is 2.70 bits per heavy atom. The van der Waals surface area contributed by atoms with Gasteiger partial charge in [-0.05, 0) is 31.0 Å². The summed E-state index contributed by atoms with van der Waals surface area (Å²) < 4.78 is 34.4. The molecule has 1 saturated heterocycles. The summed E-state index contributed by atoms with van der Waals surface area (Å²) in [4.78, 5) is 0.00174. The highest BCUT2D eigenvalue weighted by atomic mass is 35.5. The van der Waals surface area contributed by atoms with Crippen molar-refractivity contribution in [1.82, 2.24) is 9.78 Å². The topological polar surface area (TPSA) is 73.2 Å². The van der Waals surface area contributed by atoms with Crippen LogP contribution in [0.5, 0.6) is 0 Å². The Morgan fingerprint density at radius 1 is 1.30 bits per heavy atom. The van der Waals surface area contributed by atoms with E-state index in [2.05, 4.69) is 9.82 Å². The molecule has 3 rings (SSSR count). The lowest BCUT2D eigenvalue weighted by Crippen LogP contribution is -2.15. The van der Waals surface area contributed by atoms with Gasteiger partial charge in [0, 0.05) is 22.8 Å². The van der Waals surface area contributed by atoms with Gasteiger partial charge >= 0.3 is 0 Å². The fraction of sp³-hybridized carbons (Fsp3) is 0.357. The summed E-state index contributed by atoms with van der Waals surface area (Å²) in [5, 5.41) is 4.66. The first kappa shape index (κ1) is 16.6. The van der Waals surface area contributed by atoms with Gasteiger partial charge in [-0.2, -0.15) is 5.10 Å². The van der Waals surface area contributed by atoms with E-state index < -0.39 is 10.0 Å². The summed E-state index contributed by atoms with van der Waals surface area (Å²) in [5.41, 5.74) is 0.374. The molecule has 0 saturated carbocycles. The van der Waals surface area contributed by atoms with Gasteiger partial charge in [0.1, 0.15) is 0 Å². The van der Waals surface area contributed by atoms with Gasteiger partial charge in [-0.15, -0.1) is 0 Å². The molecule has 23 heavy (non-hydrogen) atoms. The van der Waals surface area contributed by atoms with Crippen LogP contribution in [-0.4, -0.2) is 30.9 Å². The van der Waals surface area contributed by atoms with E-state index in [4.69, 9.17) is 27.9 Å². The highest BCUT2D eigenvalue weighted by Gasteiger charge is 2.19. The quantitative estimate of drug-likeness (QED) is 0.870. The molecule has 0 spiro atoms. The van der Waals surface area contributed by atoms with Crippen LogP contribution in [0.3, 0.4) is 0 Å². The Bertz CT molecular complexity index is 781. The Morgan fingerprint density at radius 2 is 2.04 bits per heavy atom. The minimum Gasteiger partial charge on any atom is -0.376 e.